The lowest BCUT2D eigenvalue weighted by atomic mass is 9.74. The van der Waals surface area contributed by atoms with Crippen LogP contribution in [0.15, 0.2) is 9.98 Å². The zero-order valence-electron chi connectivity index (χ0n) is 16.1. The van der Waals surface area contributed by atoms with Crippen LogP contribution in [0.5, 0.6) is 0 Å². The molecule has 0 aliphatic heterocycles. The van der Waals surface area contributed by atoms with Crippen molar-refractivity contribution < 1.29 is 0 Å². The van der Waals surface area contributed by atoms with Gasteiger partial charge in [-0.25, -0.2) is 0 Å². The molecular formula is C20H40N2. The lowest BCUT2D eigenvalue weighted by Gasteiger charge is -2.31. The molecule has 0 saturated heterocycles. The van der Waals surface area contributed by atoms with Crippen LogP contribution in [-0.2, 0) is 0 Å². The van der Waals surface area contributed by atoms with Crippen LogP contribution in [-0.4, -0.2) is 25.5 Å². The van der Waals surface area contributed by atoms with Crippen molar-refractivity contribution in [3.8, 4) is 0 Å². The second-order valence-electron chi connectivity index (χ2n) is 8.07. The molecule has 0 heterocycles. The predicted molar refractivity (Wildman–Crippen MR) is 103 cm³/mol. The third-order valence-electron chi connectivity index (χ3n) is 3.93. The van der Waals surface area contributed by atoms with Crippen molar-refractivity contribution in [3.05, 3.63) is 0 Å². The van der Waals surface area contributed by atoms with Gasteiger partial charge in [-0.3, -0.25) is 9.98 Å². The van der Waals surface area contributed by atoms with Crippen LogP contribution >= 0.6 is 0 Å². The van der Waals surface area contributed by atoms with E-state index in [9.17, 15) is 0 Å². The van der Waals surface area contributed by atoms with Crippen LogP contribution in [0.25, 0.3) is 0 Å². The second-order valence-corrected chi connectivity index (χ2v) is 8.07. The lowest BCUT2D eigenvalue weighted by molar-refractivity contribution is 0.266. The topological polar surface area (TPSA) is 24.7 Å². The summed E-state index contributed by atoms with van der Waals surface area (Å²) in [6.45, 7) is 15.7. The molecule has 0 rings (SSSR count). The average molecular weight is 309 g/mol. The van der Waals surface area contributed by atoms with E-state index in [1.807, 2.05) is 0 Å². The Hall–Kier alpha value is -0.660. The maximum atomic E-state index is 4.64. The molecule has 0 aliphatic rings. The second kappa shape index (κ2) is 11.8. The van der Waals surface area contributed by atoms with Crippen molar-refractivity contribution >= 4 is 12.4 Å². The highest BCUT2D eigenvalue weighted by Gasteiger charge is 2.26. The molecule has 130 valence electrons. The van der Waals surface area contributed by atoms with Gasteiger partial charge >= 0.3 is 0 Å². The van der Waals surface area contributed by atoms with Gasteiger partial charge in [0.25, 0.3) is 0 Å². The highest BCUT2D eigenvalue weighted by molar-refractivity contribution is 5.65. The van der Waals surface area contributed by atoms with Gasteiger partial charge in [-0.2, -0.15) is 0 Å². The summed E-state index contributed by atoms with van der Waals surface area (Å²) in [4.78, 5) is 9.20. The largest absolute Gasteiger partial charge is 0.298 e. The van der Waals surface area contributed by atoms with Crippen LogP contribution in [0.1, 0.15) is 92.9 Å². The van der Waals surface area contributed by atoms with Crippen molar-refractivity contribution in [2.24, 2.45) is 20.8 Å². The fourth-order valence-corrected chi connectivity index (χ4v) is 2.97. The molecule has 2 heteroatoms. The summed E-state index contributed by atoms with van der Waals surface area (Å²) in [5.41, 5.74) is 0.457. The summed E-state index contributed by atoms with van der Waals surface area (Å²) in [7, 11) is 0. The van der Waals surface area contributed by atoms with Crippen LogP contribution < -0.4 is 0 Å². The van der Waals surface area contributed by atoms with E-state index in [0.29, 0.717) is 0 Å². The van der Waals surface area contributed by atoms with Gasteiger partial charge in [0.15, 0.2) is 0 Å². The molecule has 0 saturated carbocycles. The minimum absolute atomic E-state index is 0.172. The van der Waals surface area contributed by atoms with E-state index >= 15 is 0 Å². The number of nitrogens with zero attached hydrogens (tertiary/aromatic N) is 2. The van der Waals surface area contributed by atoms with Gasteiger partial charge in [0.05, 0.1) is 0 Å². The van der Waals surface area contributed by atoms with E-state index in [1.54, 1.807) is 0 Å². The van der Waals surface area contributed by atoms with E-state index in [-0.39, 0.29) is 10.8 Å². The third kappa shape index (κ3) is 13.0. The van der Waals surface area contributed by atoms with E-state index in [2.05, 4.69) is 64.0 Å². The molecule has 0 aromatic carbocycles. The first-order valence-corrected chi connectivity index (χ1v) is 9.32. The Morgan fingerprint density at radius 2 is 1.32 bits per heavy atom. The average Bonchev–Trinajstić information content (AvgIpc) is 2.41. The van der Waals surface area contributed by atoms with Gasteiger partial charge in [-0.05, 0) is 37.3 Å². The fourth-order valence-electron chi connectivity index (χ4n) is 2.97. The smallest absolute Gasteiger partial charge is 0.0385 e. The van der Waals surface area contributed by atoms with Gasteiger partial charge < -0.3 is 0 Å². The van der Waals surface area contributed by atoms with Crippen molar-refractivity contribution in [2.75, 3.05) is 13.1 Å². The van der Waals surface area contributed by atoms with Crippen molar-refractivity contribution in [1.82, 2.24) is 0 Å². The SMILES string of the molecule is CCCCCN=CCC(C)(C)CC(C)(C)C=NCCCCC. The number of hydrogen-bond acceptors (Lipinski definition) is 2. The lowest BCUT2D eigenvalue weighted by Crippen LogP contribution is -2.25. The maximum absolute atomic E-state index is 4.64. The van der Waals surface area contributed by atoms with Crippen LogP contribution in [0, 0.1) is 10.8 Å². The molecule has 0 fully saturated rings. The van der Waals surface area contributed by atoms with Crippen LogP contribution in [0.2, 0.25) is 0 Å². The molecule has 0 radical (unpaired) electrons. The van der Waals surface area contributed by atoms with E-state index in [4.69, 9.17) is 0 Å². The highest BCUT2D eigenvalue weighted by Crippen LogP contribution is 2.34. The quantitative estimate of drug-likeness (QED) is 0.280. The molecule has 2 nitrogen and oxygen atoms in total. The Morgan fingerprint density at radius 3 is 1.86 bits per heavy atom. The monoisotopic (exact) mass is 308 g/mol. The van der Waals surface area contributed by atoms with Gasteiger partial charge in [0.2, 0.25) is 0 Å². The Balaban J connectivity index is 4.13. The standard InChI is InChI=1S/C20H40N2/c1-7-9-11-14-21-16-13-19(3,4)17-20(5,6)18-22-15-12-10-8-2/h16,18H,7-15,17H2,1-6H3. The van der Waals surface area contributed by atoms with Crippen LogP contribution in [0.4, 0.5) is 0 Å². The molecular weight excluding hydrogens is 268 g/mol. The fraction of sp³-hybridized carbons (Fsp3) is 0.900. The first-order valence-electron chi connectivity index (χ1n) is 9.32. The van der Waals surface area contributed by atoms with Crippen molar-refractivity contribution in [3.63, 3.8) is 0 Å². The molecule has 0 aromatic rings. The van der Waals surface area contributed by atoms with E-state index in [0.717, 1.165) is 25.9 Å². The zero-order chi connectivity index (χ0) is 16.9. The summed E-state index contributed by atoms with van der Waals surface area (Å²) in [6.07, 6.45) is 14.1. The Kier molecular flexibility index (Phi) is 11.5. The number of unbranched alkanes of at least 4 members (excludes halogenated alkanes) is 4. The van der Waals surface area contributed by atoms with E-state index < -0.39 is 0 Å². The van der Waals surface area contributed by atoms with E-state index in [1.165, 1.54) is 38.5 Å². The molecule has 0 spiro atoms. The van der Waals surface area contributed by atoms with Gasteiger partial charge in [-0.15, -0.1) is 0 Å². The minimum atomic E-state index is 0.172. The molecule has 0 aromatic heterocycles. The first kappa shape index (κ1) is 21.3. The number of aliphatic imine (C=N–C) groups is 2. The van der Waals surface area contributed by atoms with Gasteiger partial charge in [-0.1, -0.05) is 67.2 Å². The summed E-state index contributed by atoms with van der Waals surface area (Å²) >= 11 is 0. The maximum Gasteiger partial charge on any atom is 0.0385 e. The zero-order valence-corrected chi connectivity index (χ0v) is 16.1. The molecule has 0 bridgehead atoms. The minimum Gasteiger partial charge on any atom is -0.298 e. The Morgan fingerprint density at radius 1 is 0.773 bits per heavy atom. The highest BCUT2D eigenvalue weighted by atomic mass is 14.7. The number of rotatable bonds is 13. The van der Waals surface area contributed by atoms with Crippen LogP contribution in [0.3, 0.4) is 0 Å². The molecule has 0 unspecified atom stereocenters. The Labute approximate surface area is 139 Å². The van der Waals surface area contributed by atoms with Gasteiger partial charge in [0.1, 0.15) is 0 Å². The summed E-state index contributed by atoms with van der Waals surface area (Å²) in [5.74, 6) is 0. The van der Waals surface area contributed by atoms with Gasteiger partial charge in [0, 0.05) is 24.7 Å². The molecule has 22 heavy (non-hydrogen) atoms. The summed E-state index contributed by atoms with van der Waals surface area (Å²) in [6, 6.07) is 0. The normalized spacial score (nSPS) is 13.5. The molecule has 0 atom stereocenters. The summed E-state index contributed by atoms with van der Waals surface area (Å²) < 4.78 is 0. The predicted octanol–water partition coefficient (Wildman–Crippen LogP) is 6.34. The molecule has 0 aliphatic carbocycles. The third-order valence-corrected chi connectivity index (χ3v) is 3.93. The van der Waals surface area contributed by atoms with Crippen molar-refractivity contribution in [2.45, 2.75) is 92.9 Å². The first-order chi connectivity index (χ1) is 10.3. The number of hydrogen-bond donors (Lipinski definition) is 0. The Bertz CT molecular complexity index is 314. The van der Waals surface area contributed by atoms with Crippen molar-refractivity contribution in [1.29, 1.82) is 0 Å². The molecule has 0 N–H and O–H groups in total. The molecule has 0 amide bonds. The summed E-state index contributed by atoms with van der Waals surface area (Å²) in [5, 5.41) is 0.